The summed E-state index contributed by atoms with van der Waals surface area (Å²) in [5.74, 6) is 1.75. The van der Waals surface area contributed by atoms with Crippen molar-refractivity contribution in [2.75, 3.05) is 0 Å². The summed E-state index contributed by atoms with van der Waals surface area (Å²) in [4.78, 5) is 0. The van der Waals surface area contributed by atoms with E-state index in [1.807, 2.05) is 6.08 Å². The minimum Gasteiger partial charge on any atom is -0.102 e. The third-order valence-corrected chi connectivity index (χ3v) is 4.90. The van der Waals surface area contributed by atoms with E-state index in [0.29, 0.717) is 10.8 Å². The molecule has 3 saturated carbocycles. The molecule has 0 aliphatic heterocycles. The first-order chi connectivity index (χ1) is 6.26. The first kappa shape index (κ1) is 7.61. The minimum atomic E-state index is 0.453. The summed E-state index contributed by atoms with van der Waals surface area (Å²) in [5.41, 5.74) is 2.22. The van der Waals surface area contributed by atoms with Gasteiger partial charge in [0.25, 0.3) is 0 Å². The van der Waals surface area contributed by atoms with E-state index in [1.165, 1.54) is 24.8 Å². The van der Waals surface area contributed by atoms with Gasteiger partial charge < -0.3 is 0 Å². The summed E-state index contributed by atoms with van der Waals surface area (Å²) in [7, 11) is 0. The molecule has 3 aliphatic rings. The van der Waals surface area contributed by atoms with Gasteiger partial charge in [-0.05, 0) is 30.3 Å². The van der Waals surface area contributed by atoms with Crippen LogP contribution in [-0.4, -0.2) is 0 Å². The zero-order chi connectivity index (χ0) is 9.27. The van der Waals surface area contributed by atoms with Crippen LogP contribution in [-0.2, 0) is 0 Å². The Morgan fingerprint density at radius 2 is 1.85 bits per heavy atom. The molecular weight excluding hydrogens is 156 g/mol. The van der Waals surface area contributed by atoms with Crippen molar-refractivity contribution in [3.05, 3.63) is 37.5 Å². The monoisotopic (exact) mass is 172 g/mol. The van der Waals surface area contributed by atoms with Crippen molar-refractivity contribution < 1.29 is 0 Å². The lowest BCUT2D eigenvalue weighted by Crippen LogP contribution is -2.19. The second-order valence-electron chi connectivity index (χ2n) is 4.77. The Kier molecular flexibility index (Phi) is 1.08. The zero-order valence-electron chi connectivity index (χ0n) is 8.05. The molecule has 0 amide bonds. The highest BCUT2D eigenvalue weighted by Gasteiger charge is 2.96. The Balaban J connectivity index is 2.01. The van der Waals surface area contributed by atoms with Crippen molar-refractivity contribution >= 4 is 0 Å². The van der Waals surface area contributed by atoms with Crippen LogP contribution in [0.3, 0.4) is 0 Å². The Bertz CT molecular complexity index is 309. The Labute approximate surface area is 80.0 Å². The van der Waals surface area contributed by atoms with Crippen LogP contribution >= 0.6 is 0 Å². The molecule has 2 unspecified atom stereocenters. The summed E-state index contributed by atoms with van der Waals surface area (Å²) in [6, 6.07) is 0. The molecular formula is C13H16. The SMILES string of the molecule is C=CC(=C)C12C3CCCC1C32C=C. The second kappa shape index (κ2) is 1.84. The molecule has 0 aromatic carbocycles. The maximum Gasteiger partial charge on any atom is 0.0117 e. The molecule has 3 fully saturated rings. The third-order valence-electron chi connectivity index (χ3n) is 4.90. The number of fused-ring (bicyclic) bond motifs is 2. The molecule has 68 valence electrons. The van der Waals surface area contributed by atoms with Crippen LogP contribution in [0.15, 0.2) is 37.5 Å². The quantitative estimate of drug-likeness (QED) is 0.452. The molecule has 0 spiro atoms. The van der Waals surface area contributed by atoms with E-state index in [9.17, 15) is 0 Å². The van der Waals surface area contributed by atoms with Crippen molar-refractivity contribution in [3.63, 3.8) is 0 Å². The molecule has 0 bridgehead atoms. The molecule has 13 heavy (non-hydrogen) atoms. The molecule has 0 nitrogen and oxygen atoms in total. The van der Waals surface area contributed by atoms with Gasteiger partial charge in [0.15, 0.2) is 0 Å². The van der Waals surface area contributed by atoms with Gasteiger partial charge in [0.1, 0.15) is 0 Å². The summed E-state index contributed by atoms with van der Waals surface area (Å²) in [5, 5.41) is 0. The summed E-state index contributed by atoms with van der Waals surface area (Å²) < 4.78 is 0. The highest BCUT2D eigenvalue weighted by atomic mass is 15.0. The van der Waals surface area contributed by atoms with Crippen LogP contribution in [0.2, 0.25) is 0 Å². The first-order valence-electron chi connectivity index (χ1n) is 5.22. The highest BCUT2D eigenvalue weighted by molar-refractivity contribution is 5.58. The molecule has 0 aromatic heterocycles. The van der Waals surface area contributed by atoms with E-state index < -0.39 is 0 Å². The van der Waals surface area contributed by atoms with Gasteiger partial charge in [-0.2, -0.15) is 0 Å². The number of hydrogen-bond acceptors (Lipinski definition) is 0. The molecule has 0 N–H and O–H groups in total. The number of allylic oxidation sites excluding steroid dienone is 3. The van der Waals surface area contributed by atoms with E-state index in [0.717, 1.165) is 11.8 Å². The van der Waals surface area contributed by atoms with Crippen LogP contribution in [0.1, 0.15) is 19.3 Å². The van der Waals surface area contributed by atoms with Crippen LogP contribution in [0, 0.1) is 22.7 Å². The van der Waals surface area contributed by atoms with Crippen LogP contribution in [0.5, 0.6) is 0 Å². The predicted octanol–water partition coefficient (Wildman–Crippen LogP) is 3.33. The Morgan fingerprint density at radius 1 is 1.23 bits per heavy atom. The van der Waals surface area contributed by atoms with E-state index in [2.05, 4.69) is 25.8 Å². The number of hydrogen-bond donors (Lipinski definition) is 0. The average Bonchev–Trinajstić information content (AvgIpc) is 3.03. The first-order valence-corrected chi connectivity index (χ1v) is 5.22. The summed E-state index contributed by atoms with van der Waals surface area (Å²) >= 11 is 0. The van der Waals surface area contributed by atoms with Gasteiger partial charge in [-0.1, -0.05) is 31.7 Å². The lowest BCUT2D eigenvalue weighted by atomic mass is 9.77. The fraction of sp³-hybridized carbons (Fsp3) is 0.538. The smallest absolute Gasteiger partial charge is 0.0117 e. The van der Waals surface area contributed by atoms with E-state index in [4.69, 9.17) is 0 Å². The van der Waals surface area contributed by atoms with Crippen LogP contribution < -0.4 is 0 Å². The molecule has 3 rings (SSSR count). The van der Waals surface area contributed by atoms with Gasteiger partial charge in [0.05, 0.1) is 0 Å². The van der Waals surface area contributed by atoms with E-state index >= 15 is 0 Å². The van der Waals surface area contributed by atoms with Crippen molar-refractivity contribution in [2.24, 2.45) is 22.7 Å². The van der Waals surface area contributed by atoms with E-state index in [1.54, 1.807) is 0 Å². The predicted molar refractivity (Wildman–Crippen MR) is 55.2 cm³/mol. The van der Waals surface area contributed by atoms with Gasteiger partial charge in [-0.15, -0.1) is 6.58 Å². The largest absolute Gasteiger partial charge is 0.102 e. The maximum atomic E-state index is 4.16. The fourth-order valence-corrected chi connectivity index (χ4v) is 4.45. The topological polar surface area (TPSA) is 0 Å². The normalized spacial score (nSPS) is 54.8. The molecule has 0 saturated heterocycles. The maximum absolute atomic E-state index is 4.16. The van der Waals surface area contributed by atoms with Gasteiger partial charge in [-0.3, -0.25) is 0 Å². The molecule has 0 heterocycles. The van der Waals surface area contributed by atoms with Gasteiger partial charge >= 0.3 is 0 Å². The zero-order valence-corrected chi connectivity index (χ0v) is 8.05. The third kappa shape index (κ3) is 0.466. The summed E-state index contributed by atoms with van der Waals surface area (Å²) in [6.07, 6.45) is 8.35. The van der Waals surface area contributed by atoms with Crippen molar-refractivity contribution in [2.45, 2.75) is 19.3 Å². The lowest BCUT2D eigenvalue weighted by Gasteiger charge is -2.27. The molecule has 3 aliphatic carbocycles. The van der Waals surface area contributed by atoms with Crippen molar-refractivity contribution in [1.29, 1.82) is 0 Å². The number of rotatable bonds is 3. The second-order valence-corrected chi connectivity index (χ2v) is 4.77. The highest BCUT2D eigenvalue weighted by Crippen LogP contribution is 3.00. The fourth-order valence-electron chi connectivity index (χ4n) is 4.45. The van der Waals surface area contributed by atoms with E-state index in [-0.39, 0.29) is 0 Å². The molecule has 0 aromatic rings. The van der Waals surface area contributed by atoms with Crippen molar-refractivity contribution in [3.8, 4) is 0 Å². The minimum absolute atomic E-state index is 0.453. The van der Waals surface area contributed by atoms with Gasteiger partial charge in [-0.25, -0.2) is 0 Å². The van der Waals surface area contributed by atoms with Crippen LogP contribution in [0.25, 0.3) is 0 Å². The summed E-state index contributed by atoms with van der Waals surface area (Å²) in [6.45, 7) is 12.0. The van der Waals surface area contributed by atoms with Crippen LogP contribution in [0.4, 0.5) is 0 Å². The standard InChI is InChI=1S/C13H16/c1-4-9(3)13-10-7-6-8-11(13)12(10,13)5-2/h4-5,10-11H,1-3,6-8H2. The molecule has 2 atom stereocenters. The van der Waals surface area contributed by atoms with Gasteiger partial charge in [0.2, 0.25) is 0 Å². The average molecular weight is 172 g/mol. The Morgan fingerprint density at radius 3 is 2.23 bits per heavy atom. The molecule has 0 radical (unpaired) electrons. The molecule has 0 heteroatoms. The van der Waals surface area contributed by atoms with Crippen molar-refractivity contribution in [1.82, 2.24) is 0 Å². The Hall–Kier alpha value is -0.780. The lowest BCUT2D eigenvalue weighted by molar-refractivity contribution is 0.270. The van der Waals surface area contributed by atoms with Gasteiger partial charge in [0, 0.05) is 10.8 Å².